The second-order valence-corrected chi connectivity index (χ2v) is 4.13. The van der Waals surface area contributed by atoms with Crippen molar-refractivity contribution < 1.29 is 4.92 Å². The molecule has 0 heterocycles. The van der Waals surface area contributed by atoms with Gasteiger partial charge >= 0.3 is 0 Å². The molecule has 0 amide bonds. The molecular weight excluding hydrogens is 226 g/mol. The summed E-state index contributed by atoms with van der Waals surface area (Å²) in [6.07, 6.45) is 0. The van der Waals surface area contributed by atoms with E-state index >= 15 is 0 Å². The normalized spacial score (nSPS) is 11.8. The predicted octanol–water partition coefficient (Wildman–Crippen LogP) is 1.80. The van der Waals surface area contributed by atoms with Crippen LogP contribution in [-0.4, -0.2) is 23.8 Å². The van der Waals surface area contributed by atoms with Gasteiger partial charge in [0.25, 0.3) is 5.69 Å². The van der Waals surface area contributed by atoms with Crippen molar-refractivity contribution in [3.8, 4) is 6.07 Å². The fourth-order valence-corrected chi connectivity index (χ4v) is 1.96. The van der Waals surface area contributed by atoms with E-state index in [0.717, 1.165) is 4.90 Å². The molecule has 0 saturated carbocycles. The van der Waals surface area contributed by atoms with Crippen molar-refractivity contribution in [1.82, 2.24) is 5.32 Å². The highest BCUT2D eigenvalue weighted by molar-refractivity contribution is 7.99. The van der Waals surface area contributed by atoms with Crippen LogP contribution in [0.5, 0.6) is 0 Å². The zero-order valence-corrected chi connectivity index (χ0v) is 9.53. The number of hydrogen-bond acceptors (Lipinski definition) is 5. The maximum Gasteiger partial charge on any atom is 0.269 e. The number of nitriles is 1. The van der Waals surface area contributed by atoms with E-state index < -0.39 is 4.92 Å². The molecule has 1 unspecified atom stereocenters. The first-order chi connectivity index (χ1) is 7.67. The Labute approximate surface area is 97.6 Å². The summed E-state index contributed by atoms with van der Waals surface area (Å²) in [6.45, 7) is 0. The van der Waals surface area contributed by atoms with Crippen molar-refractivity contribution >= 4 is 17.4 Å². The van der Waals surface area contributed by atoms with Crippen LogP contribution in [0.3, 0.4) is 0 Å². The Morgan fingerprint density at radius 2 is 2.19 bits per heavy atom. The number of non-ortho nitro benzene ring substituents is 1. The molecule has 16 heavy (non-hydrogen) atoms. The summed E-state index contributed by atoms with van der Waals surface area (Å²) >= 11 is 1.49. The van der Waals surface area contributed by atoms with Gasteiger partial charge in [0, 0.05) is 22.8 Å². The number of nitrogens with zero attached hydrogens (tertiary/aromatic N) is 2. The van der Waals surface area contributed by atoms with Crippen LogP contribution in [0.4, 0.5) is 5.69 Å². The topological polar surface area (TPSA) is 79.0 Å². The number of benzene rings is 1. The molecule has 1 aromatic rings. The lowest BCUT2D eigenvalue weighted by Gasteiger charge is -2.06. The molecule has 0 aromatic heterocycles. The van der Waals surface area contributed by atoms with Gasteiger partial charge in [-0.3, -0.25) is 10.1 Å². The van der Waals surface area contributed by atoms with Gasteiger partial charge in [-0.25, -0.2) is 0 Å². The molecule has 6 heteroatoms. The quantitative estimate of drug-likeness (QED) is 0.480. The summed E-state index contributed by atoms with van der Waals surface area (Å²) in [4.78, 5) is 10.9. The smallest absolute Gasteiger partial charge is 0.269 e. The summed E-state index contributed by atoms with van der Waals surface area (Å²) in [6, 6.07) is 8.20. The summed E-state index contributed by atoms with van der Waals surface area (Å²) in [7, 11) is 1.73. The SMILES string of the molecule is CNC(C#N)CSc1ccc([N+](=O)[O-])cc1. The van der Waals surface area contributed by atoms with E-state index in [1.165, 1.54) is 23.9 Å². The van der Waals surface area contributed by atoms with Gasteiger partial charge in [-0.2, -0.15) is 5.26 Å². The van der Waals surface area contributed by atoms with E-state index in [-0.39, 0.29) is 11.7 Å². The molecular formula is C10H11N3O2S. The van der Waals surface area contributed by atoms with Crippen LogP contribution in [0.2, 0.25) is 0 Å². The summed E-state index contributed by atoms with van der Waals surface area (Å²) in [5, 5.41) is 22.0. The van der Waals surface area contributed by atoms with Crippen molar-refractivity contribution in [2.75, 3.05) is 12.8 Å². The lowest BCUT2D eigenvalue weighted by Crippen LogP contribution is -2.25. The Bertz CT molecular complexity index is 400. The first-order valence-corrected chi connectivity index (χ1v) is 5.60. The number of hydrogen-bond donors (Lipinski definition) is 1. The maximum absolute atomic E-state index is 10.4. The largest absolute Gasteiger partial charge is 0.304 e. The first kappa shape index (κ1) is 12.5. The Morgan fingerprint density at radius 1 is 1.56 bits per heavy atom. The maximum atomic E-state index is 10.4. The van der Waals surface area contributed by atoms with E-state index in [1.807, 2.05) is 0 Å². The molecule has 0 saturated heterocycles. The van der Waals surface area contributed by atoms with Crippen LogP contribution in [0.1, 0.15) is 0 Å². The van der Waals surface area contributed by atoms with Crippen LogP contribution < -0.4 is 5.32 Å². The third-order valence-electron chi connectivity index (χ3n) is 1.97. The van der Waals surface area contributed by atoms with Crippen LogP contribution in [-0.2, 0) is 0 Å². The van der Waals surface area contributed by atoms with Crippen molar-refractivity contribution in [2.45, 2.75) is 10.9 Å². The minimum atomic E-state index is -0.430. The summed E-state index contributed by atoms with van der Waals surface area (Å²) in [5.41, 5.74) is 0.0785. The number of thioether (sulfide) groups is 1. The monoisotopic (exact) mass is 237 g/mol. The Morgan fingerprint density at radius 3 is 2.62 bits per heavy atom. The van der Waals surface area contributed by atoms with Crippen molar-refractivity contribution in [2.24, 2.45) is 0 Å². The van der Waals surface area contributed by atoms with E-state index in [4.69, 9.17) is 5.26 Å². The highest BCUT2D eigenvalue weighted by atomic mass is 32.2. The fraction of sp³-hybridized carbons (Fsp3) is 0.300. The van der Waals surface area contributed by atoms with Crippen LogP contribution in [0, 0.1) is 21.4 Å². The second-order valence-electron chi connectivity index (χ2n) is 3.03. The Hall–Kier alpha value is -1.58. The van der Waals surface area contributed by atoms with Crippen molar-refractivity contribution in [1.29, 1.82) is 5.26 Å². The molecule has 0 aliphatic heterocycles. The van der Waals surface area contributed by atoms with Crippen LogP contribution in [0.15, 0.2) is 29.2 Å². The summed E-state index contributed by atoms with van der Waals surface area (Å²) in [5.74, 6) is 0.616. The first-order valence-electron chi connectivity index (χ1n) is 4.61. The zero-order chi connectivity index (χ0) is 12.0. The van der Waals surface area contributed by atoms with Gasteiger partial charge in [0.05, 0.1) is 11.0 Å². The van der Waals surface area contributed by atoms with Gasteiger partial charge in [0.1, 0.15) is 6.04 Å². The third-order valence-corrected chi connectivity index (χ3v) is 3.07. The fourth-order valence-electron chi connectivity index (χ4n) is 1.03. The molecule has 1 rings (SSSR count). The molecule has 0 aliphatic carbocycles. The molecule has 1 aromatic carbocycles. The molecule has 0 radical (unpaired) electrons. The molecule has 0 bridgehead atoms. The van der Waals surface area contributed by atoms with Crippen LogP contribution >= 0.6 is 11.8 Å². The molecule has 5 nitrogen and oxygen atoms in total. The summed E-state index contributed by atoms with van der Waals surface area (Å²) < 4.78 is 0. The predicted molar refractivity (Wildman–Crippen MR) is 62.3 cm³/mol. The van der Waals surface area contributed by atoms with Gasteiger partial charge < -0.3 is 5.32 Å². The van der Waals surface area contributed by atoms with Gasteiger partial charge in [0.15, 0.2) is 0 Å². The molecule has 0 spiro atoms. The van der Waals surface area contributed by atoms with Crippen molar-refractivity contribution in [3.05, 3.63) is 34.4 Å². The number of nitro benzene ring substituents is 1. The minimum absolute atomic E-state index is 0.0785. The van der Waals surface area contributed by atoms with Crippen LogP contribution in [0.25, 0.3) is 0 Å². The highest BCUT2D eigenvalue weighted by Crippen LogP contribution is 2.21. The average Bonchev–Trinajstić information content (AvgIpc) is 2.31. The molecule has 1 atom stereocenters. The zero-order valence-electron chi connectivity index (χ0n) is 8.71. The number of nitrogens with one attached hydrogen (secondary N) is 1. The lowest BCUT2D eigenvalue weighted by molar-refractivity contribution is -0.384. The lowest BCUT2D eigenvalue weighted by atomic mass is 10.3. The second kappa shape index (κ2) is 6.10. The number of rotatable bonds is 5. The van der Waals surface area contributed by atoms with E-state index in [1.54, 1.807) is 19.2 Å². The molecule has 0 aliphatic rings. The standard InChI is InChI=1S/C10H11N3O2S/c1-12-8(6-11)7-16-10-4-2-9(3-5-10)13(14)15/h2-5,8,12H,7H2,1H3. The van der Waals surface area contributed by atoms with Gasteiger partial charge in [-0.15, -0.1) is 11.8 Å². The van der Waals surface area contributed by atoms with E-state index in [0.29, 0.717) is 5.75 Å². The molecule has 1 N–H and O–H groups in total. The third kappa shape index (κ3) is 3.53. The minimum Gasteiger partial charge on any atom is -0.304 e. The average molecular weight is 237 g/mol. The Kier molecular flexibility index (Phi) is 4.76. The van der Waals surface area contributed by atoms with Gasteiger partial charge in [-0.1, -0.05) is 0 Å². The van der Waals surface area contributed by atoms with E-state index in [2.05, 4.69) is 11.4 Å². The number of nitro groups is 1. The highest BCUT2D eigenvalue weighted by Gasteiger charge is 2.07. The molecule has 0 fully saturated rings. The Balaban J connectivity index is 2.56. The van der Waals surface area contributed by atoms with Crippen molar-refractivity contribution in [3.63, 3.8) is 0 Å². The van der Waals surface area contributed by atoms with Gasteiger partial charge in [-0.05, 0) is 19.2 Å². The van der Waals surface area contributed by atoms with Gasteiger partial charge in [0.2, 0.25) is 0 Å². The van der Waals surface area contributed by atoms with E-state index in [9.17, 15) is 10.1 Å². The molecule has 84 valence electrons.